The van der Waals surface area contributed by atoms with Crippen LogP contribution in [0.3, 0.4) is 0 Å². The van der Waals surface area contributed by atoms with E-state index in [0.29, 0.717) is 10.2 Å². The van der Waals surface area contributed by atoms with E-state index in [1.807, 2.05) is 48.1 Å². The number of anilines is 1. The maximum Gasteiger partial charge on any atom is 0.236 e. The Morgan fingerprint density at radius 1 is 1.40 bits per heavy atom. The lowest BCUT2D eigenvalue weighted by Crippen LogP contribution is -2.14. The molecule has 0 aliphatic carbocycles. The van der Waals surface area contributed by atoms with Crippen LogP contribution < -0.4 is 5.32 Å². The van der Waals surface area contributed by atoms with E-state index in [0.717, 1.165) is 16.4 Å². The summed E-state index contributed by atoms with van der Waals surface area (Å²) in [5, 5.41) is 14.5. The van der Waals surface area contributed by atoms with Gasteiger partial charge in [0.05, 0.1) is 11.4 Å². The molecule has 3 rings (SSSR count). The summed E-state index contributed by atoms with van der Waals surface area (Å²) in [7, 11) is 0. The fraction of sp³-hybridized carbons (Fsp3) is 0.250. The van der Waals surface area contributed by atoms with Crippen molar-refractivity contribution >= 4 is 45.7 Å². The average Bonchev–Trinajstić information content (AvgIpc) is 3.22. The van der Waals surface area contributed by atoms with Gasteiger partial charge in [0.1, 0.15) is 6.33 Å². The van der Waals surface area contributed by atoms with Gasteiger partial charge >= 0.3 is 0 Å². The van der Waals surface area contributed by atoms with Crippen LogP contribution in [-0.4, -0.2) is 31.4 Å². The maximum absolute atomic E-state index is 12.2. The molecule has 3 aromatic rings. The molecule has 2 heterocycles. The number of benzene rings is 1. The van der Waals surface area contributed by atoms with E-state index in [1.54, 1.807) is 6.33 Å². The van der Waals surface area contributed by atoms with Crippen molar-refractivity contribution in [3.8, 4) is 11.3 Å². The molecular formula is C16H16ClN5OS2. The van der Waals surface area contributed by atoms with Gasteiger partial charge in [0, 0.05) is 22.0 Å². The zero-order valence-corrected chi connectivity index (χ0v) is 16.0. The Bertz CT molecular complexity index is 877. The highest BCUT2D eigenvalue weighted by Crippen LogP contribution is 2.30. The second kappa shape index (κ2) is 7.99. The third-order valence-corrected chi connectivity index (χ3v) is 5.37. The normalized spacial score (nSPS) is 11.0. The topological polar surface area (TPSA) is 72.7 Å². The Morgan fingerprint density at radius 3 is 2.96 bits per heavy atom. The summed E-state index contributed by atoms with van der Waals surface area (Å²) < 4.78 is 1.93. The third kappa shape index (κ3) is 4.39. The van der Waals surface area contributed by atoms with Gasteiger partial charge in [0.15, 0.2) is 10.3 Å². The van der Waals surface area contributed by atoms with Gasteiger partial charge < -0.3 is 9.88 Å². The largest absolute Gasteiger partial charge is 0.306 e. The average molecular weight is 394 g/mol. The number of rotatable bonds is 6. The molecule has 1 N–H and O–H groups in total. The molecular weight excluding hydrogens is 378 g/mol. The lowest BCUT2D eigenvalue weighted by molar-refractivity contribution is -0.113. The molecule has 0 fully saturated rings. The molecule has 25 heavy (non-hydrogen) atoms. The molecule has 0 aliphatic rings. The highest BCUT2D eigenvalue weighted by atomic mass is 35.5. The highest BCUT2D eigenvalue weighted by Gasteiger charge is 2.13. The van der Waals surface area contributed by atoms with Crippen LogP contribution in [-0.2, 0) is 4.79 Å². The third-order valence-electron chi connectivity index (χ3n) is 3.33. The van der Waals surface area contributed by atoms with Crippen LogP contribution in [0, 0.1) is 0 Å². The van der Waals surface area contributed by atoms with E-state index in [4.69, 9.17) is 11.6 Å². The van der Waals surface area contributed by atoms with Crippen LogP contribution >= 0.6 is 34.7 Å². The van der Waals surface area contributed by atoms with Gasteiger partial charge in [-0.3, -0.25) is 4.79 Å². The Labute approximate surface area is 158 Å². The van der Waals surface area contributed by atoms with Crippen molar-refractivity contribution in [2.75, 3.05) is 11.1 Å². The molecule has 0 bridgehead atoms. The van der Waals surface area contributed by atoms with Crippen molar-refractivity contribution in [3.63, 3.8) is 0 Å². The fourth-order valence-electron chi connectivity index (χ4n) is 2.10. The number of carbonyl (C=O) groups is 1. The summed E-state index contributed by atoms with van der Waals surface area (Å²) >= 11 is 8.90. The lowest BCUT2D eigenvalue weighted by Gasteiger charge is -2.08. The summed E-state index contributed by atoms with van der Waals surface area (Å²) in [4.78, 5) is 16.6. The van der Waals surface area contributed by atoms with Crippen molar-refractivity contribution in [3.05, 3.63) is 41.0 Å². The van der Waals surface area contributed by atoms with E-state index in [1.165, 1.54) is 23.1 Å². The van der Waals surface area contributed by atoms with E-state index in [-0.39, 0.29) is 17.7 Å². The van der Waals surface area contributed by atoms with Crippen molar-refractivity contribution in [2.24, 2.45) is 0 Å². The minimum atomic E-state index is -0.136. The molecule has 1 aromatic carbocycles. The quantitative estimate of drug-likeness (QED) is 0.629. The molecule has 0 radical (unpaired) electrons. The van der Waals surface area contributed by atoms with Crippen molar-refractivity contribution in [1.82, 2.24) is 19.7 Å². The smallest absolute Gasteiger partial charge is 0.236 e. The van der Waals surface area contributed by atoms with Crippen molar-refractivity contribution < 1.29 is 4.79 Å². The first-order valence-electron chi connectivity index (χ1n) is 7.57. The summed E-state index contributed by atoms with van der Waals surface area (Å²) in [5.74, 6) is 0.107. The number of nitrogens with one attached hydrogen (secondary N) is 1. The number of carbonyl (C=O) groups excluding carboxylic acids is 1. The molecule has 2 aromatic heterocycles. The number of hydrogen-bond acceptors (Lipinski definition) is 6. The van der Waals surface area contributed by atoms with Crippen LogP contribution in [0.5, 0.6) is 0 Å². The van der Waals surface area contributed by atoms with Crippen LogP contribution in [0.25, 0.3) is 11.3 Å². The van der Waals surface area contributed by atoms with Crippen LogP contribution in [0.2, 0.25) is 5.02 Å². The number of hydrogen-bond donors (Lipinski definition) is 1. The second-order valence-electron chi connectivity index (χ2n) is 5.47. The molecule has 0 saturated heterocycles. The Hall–Kier alpha value is -1.90. The molecule has 0 atom stereocenters. The highest BCUT2D eigenvalue weighted by molar-refractivity contribution is 7.99. The molecule has 0 spiro atoms. The number of thioether (sulfide) groups is 1. The van der Waals surface area contributed by atoms with Gasteiger partial charge in [-0.15, -0.1) is 21.5 Å². The molecule has 0 saturated carbocycles. The van der Waals surface area contributed by atoms with Gasteiger partial charge in [-0.2, -0.15) is 0 Å². The first kappa shape index (κ1) is 17.9. The lowest BCUT2D eigenvalue weighted by atomic mass is 10.2. The van der Waals surface area contributed by atoms with Crippen molar-refractivity contribution in [2.45, 2.75) is 25.0 Å². The van der Waals surface area contributed by atoms with Gasteiger partial charge in [-0.1, -0.05) is 41.6 Å². The standard InChI is InChI=1S/C16H16ClN5OS2/c1-10(2)22-9-18-21-16(22)25-8-14(23)20-15-19-13(7-24-15)11-5-3-4-6-12(11)17/h3-7,9-10H,8H2,1-2H3,(H,19,20,23). The molecule has 9 heteroatoms. The number of amides is 1. The van der Waals surface area contributed by atoms with Crippen molar-refractivity contribution in [1.29, 1.82) is 0 Å². The Kier molecular flexibility index (Phi) is 5.72. The summed E-state index contributed by atoms with van der Waals surface area (Å²) in [6, 6.07) is 7.74. The summed E-state index contributed by atoms with van der Waals surface area (Å²) in [5.41, 5.74) is 1.60. The zero-order chi connectivity index (χ0) is 17.8. The minimum absolute atomic E-state index is 0.136. The monoisotopic (exact) mass is 393 g/mol. The Morgan fingerprint density at radius 2 is 2.20 bits per heavy atom. The number of thiazole rings is 1. The first-order valence-corrected chi connectivity index (χ1v) is 9.81. The Balaban J connectivity index is 1.60. The SMILES string of the molecule is CC(C)n1cnnc1SCC(=O)Nc1nc(-c2ccccc2Cl)cs1. The van der Waals surface area contributed by atoms with Gasteiger partial charge in [-0.25, -0.2) is 4.98 Å². The summed E-state index contributed by atoms with van der Waals surface area (Å²) in [6.07, 6.45) is 1.67. The van der Waals surface area contributed by atoms with E-state index >= 15 is 0 Å². The number of nitrogens with zero attached hydrogens (tertiary/aromatic N) is 4. The maximum atomic E-state index is 12.2. The van der Waals surface area contributed by atoms with E-state index in [9.17, 15) is 4.79 Å². The van der Waals surface area contributed by atoms with Gasteiger partial charge in [0.2, 0.25) is 5.91 Å². The molecule has 130 valence electrons. The first-order chi connectivity index (χ1) is 12.0. The zero-order valence-electron chi connectivity index (χ0n) is 13.6. The minimum Gasteiger partial charge on any atom is -0.306 e. The summed E-state index contributed by atoms with van der Waals surface area (Å²) in [6.45, 7) is 4.08. The fourth-order valence-corrected chi connectivity index (χ4v) is 3.90. The predicted octanol–water partition coefficient (Wildman–Crippen LogP) is 4.37. The van der Waals surface area contributed by atoms with E-state index < -0.39 is 0 Å². The number of halogens is 1. The molecule has 6 nitrogen and oxygen atoms in total. The van der Waals surface area contributed by atoms with E-state index in [2.05, 4.69) is 20.5 Å². The predicted molar refractivity (Wildman–Crippen MR) is 102 cm³/mol. The van der Waals surface area contributed by atoms with Crippen LogP contribution in [0.4, 0.5) is 5.13 Å². The van der Waals surface area contributed by atoms with Gasteiger partial charge in [-0.05, 0) is 19.9 Å². The molecule has 1 amide bonds. The van der Waals surface area contributed by atoms with Crippen LogP contribution in [0.1, 0.15) is 19.9 Å². The molecule has 0 aliphatic heterocycles. The molecule has 0 unspecified atom stereocenters. The number of aromatic nitrogens is 4. The van der Waals surface area contributed by atoms with Crippen LogP contribution in [0.15, 0.2) is 41.1 Å². The second-order valence-corrected chi connectivity index (χ2v) is 7.68. The van der Waals surface area contributed by atoms with Gasteiger partial charge in [0.25, 0.3) is 0 Å².